The van der Waals surface area contributed by atoms with Crippen molar-refractivity contribution in [2.24, 2.45) is 0 Å². The summed E-state index contributed by atoms with van der Waals surface area (Å²) in [7, 11) is 0. The van der Waals surface area contributed by atoms with Crippen LogP contribution in [-0.4, -0.2) is 69.0 Å². The van der Waals surface area contributed by atoms with Crippen LogP contribution < -0.4 is 5.32 Å². The number of hydrogen-bond donors (Lipinski definition) is 2. The number of oxazole rings is 1. The largest absolute Gasteiger partial charge is 0.436 e. The smallest absolute Gasteiger partial charge is 0.227 e. The number of likely N-dealkylation sites (tertiary alicyclic amines) is 2. The van der Waals surface area contributed by atoms with E-state index in [0.29, 0.717) is 37.8 Å². The number of carbonyl (C=O) groups excluding carboxylic acids is 2. The van der Waals surface area contributed by atoms with Crippen LogP contribution in [0.15, 0.2) is 114 Å². The molecular weight excluding hydrogens is 652 g/mol. The third kappa shape index (κ3) is 7.48. The average Bonchev–Trinajstić information content (AvgIpc) is 4.01. The second kappa shape index (κ2) is 15.2. The molecule has 6 aromatic rings. The minimum Gasteiger partial charge on any atom is -0.436 e. The molecule has 2 aromatic heterocycles. The molecule has 2 aliphatic rings. The van der Waals surface area contributed by atoms with E-state index in [4.69, 9.17) is 14.1 Å². The Balaban J connectivity index is 0.850. The van der Waals surface area contributed by atoms with Crippen molar-refractivity contribution >= 4 is 28.5 Å². The first kappa shape index (κ1) is 33.4. The van der Waals surface area contributed by atoms with Crippen molar-refractivity contribution in [1.82, 2.24) is 24.8 Å². The molecular formula is C42H42N6O4. The first-order valence-electron chi connectivity index (χ1n) is 18.1. The van der Waals surface area contributed by atoms with Gasteiger partial charge in [-0.15, -0.1) is 0 Å². The van der Waals surface area contributed by atoms with Gasteiger partial charge in [0, 0.05) is 29.9 Å². The molecule has 0 aliphatic carbocycles. The number of anilines is 1. The van der Waals surface area contributed by atoms with Crippen LogP contribution in [0.4, 0.5) is 5.69 Å². The van der Waals surface area contributed by atoms with E-state index in [1.54, 1.807) is 6.20 Å². The van der Waals surface area contributed by atoms with E-state index in [-0.39, 0.29) is 23.9 Å². The Morgan fingerprint density at radius 2 is 1.48 bits per heavy atom. The van der Waals surface area contributed by atoms with Gasteiger partial charge in [0.25, 0.3) is 0 Å². The molecule has 4 heterocycles. The van der Waals surface area contributed by atoms with Gasteiger partial charge in [-0.25, -0.2) is 9.97 Å². The summed E-state index contributed by atoms with van der Waals surface area (Å²) >= 11 is 0. The Labute approximate surface area is 302 Å². The molecule has 0 radical (unpaired) electrons. The molecule has 0 saturated carbocycles. The number of aromatic nitrogens is 3. The summed E-state index contributed by atoms with van der Waals surface area (Å²) in [4.78, 5) is 43.0. The molecule has 10 nitrogen and oxygen atoms in total. The Morgan fingerprint density at radius 1 is 0.808 bits per heavy atom. The number of fused-ring (bicyclic) bond motifs is 1. The average molecular weight is 695 g/mol. The van der Waals surface area contributed by atoms with Gasteiger partial charge in [-0.1, -0.05) is 60.7 Å². The molecule has 0 spiro atoms. The summed E-state index contributed by atoms with van der Waals surface area (Å²) in [5, 5.41) is 3.31. The molecule has 264 valence electrons. The Hall–Kier alpha value is -5.74. The predicted molar refractivity (Wildman–Crippen MR) is 200 cm³/mol. The standard InChI is InChI=1S/C42H42N6O4/c49-39(23-29-9-3-1-4-10-29)47-21-7-13-34(47)27-51-28-44-33-18-15-31(16-19-33)42-43-26-38(52-42)32-17-20-35-36(25-32)46-41(45-35)37-14-8-22-48(37)40(50)24-30-11-5-2-6-12-30/h1-6,9-12,15-20,25-26,34,37,44H,7-8,13-14,21-24,27-28H2,(H,45,46)/t34-,37-/m0/s1. The van der Waals surface area contributed by atoms with Crippen LogP contribution in [0.1, 0.15) is 48.7 Å². The lowest BCUT2D eigenvalue weighted by molar-refractivity contribution is -0.132. The van der Waals surface area contributed by atoms with Gasteiger partial charge in [0.2, 0.25) is 17.7 Å². The lowest BCUT2D eigenvalue weighted by Crippen LogP contribution is -2.39. The highest BCUT2D eigenvalue weighted by Crippen LogP contribution is 2.34. The molecule has 2 saturated heterocycles. The molecule has 10 heteroatoms. The van der Waals surface area contributed by atoms with E-state index in [0.717, 1.165) is 83.6 Å². The number of carbonyl (C=O) groups is 2. The maximum absolute atomic E-state index is 13.2. The van der Waals surface area contributed by atoms with E-state index in [1.807, 2.05) is 113 Å². The minimum atomic E-state index is -0.0635. The van der Waals surface area contributed by atoms with Crippen molar-refractivity contribution in [3.8, 4) is 22.8 Å². The highest BCUT2D eigenvalue weighted by Gasteiger charge is 2.32. The van der Waals surface area contributed by atoms with E-state index in [2.05, 4.69) is 15.3 Å². The van der Waals surface area contributed by atoms with Crippen LogP contribution in [0.25, 0.3) is 33.8 Å². The fourth-order valence-electron chi connectivity index (χ4n) is 7.37. The van der Waals surface area contributed by atoms with Crippen LogP contribution in [0.5, 0.6) is 0 Å². The summed E-state index contributed by atoms with van der Waals surface area (Å²) in [5.74, 6) is 2.29. The maximum atomic E-state index is 13.2. The highest BCUT2D eigenvalue weighted by atomic mass is 16.5. The number of amides is 2. The number of hydrogen-bond acceptors (Lipinski definition) is 7. The van der Waals surface area contributed by atoms with Crippen molar-refractivity contribution in [2.45, 2.75) is 50.6 Å². The van der Waals surface area contributed by atoms with Crippen LogP contribution in [-0.2, 0) is 27.2 Å². The lowest BCUT2D eigenvalue weighted by Gasteiger charge is -2.25. The van der Waals surface area contributed by atoms with Crippen molar-refractivity contribution in [1.29, 1.82) is 0 Å². The molecule has 2 amide bonds. The zero-order valence-corrected chi connectivity index (χ0v) is 29.0. The molecule has 2 aliphatic heterocycles. The molecule has 0 bridgehead atoms. The van der Waals surface area contributed by atoms with Gasteiger partial charge in [-0.2, -0.15) is 0 Å². The third-order valence-electron chi connectivity index (χ3n) is 10.1. The van der Waals surface area contributed by atoms with Gasteiger partial charge in [0.1, 0.15) is 12.6 Å². The lowest BCUT2D eigenvalue weighted by atomic mass is 10.1. The highest BCUT2D eigenvalue weighted by molar-refractivity contribution is 5.82. The minimum absolute atomic E-state index is 0.0635. The first-order chi connectivity index (χ1) is 25.6. The number of benzene rings is 4. The Morgan fingerprint density at radius 3 is 2.23 bits per heavy atom. The van der Waals surface area contributed by atoms with Crippen molar-refractivity contribution in [3.63, 3.8) is 0 Å². The van der Waals surface area contributed by atoms with E-state index in [9.17, 15) is 9.59 Å². The van der Waals surface area contributed by atoms with Gasteiger partial charge < -0.3 is 29.3 Å². The number of imidazole rings is 1. The van der Waals surface area contributed by atoms with Gasteiger partial charge in [-0.05, 0) is 79.3 Å². The molecule has 2 atom stereocenters. The second-order valence-electron chi connectivity index (χ2n) is 13.6. The second-order valence-corrected chi connectivity index (χ2v) is 13.6. The van der Waals surface area contributed by atoms with E-state index >= 15 is 0 Å². The normalized spacial score (nSPS) is 17.2. The zero-order valence-electron chi connectivity index (χ0n) is 29.0. The zero-order chi connectivity index (χ0) is 35.3. The number of rotatable bonds is 12. The number of nitrogens with one attached hydrogen (secondary N) is 2. The monoisotopic (exact) mass is 694 g/mol. The molecule has 2 N–H and O–H groups in total. The number of ether oxygens (including phenoxy) is 1. The molecule has 2 fully saturated rings. The SMILES string of the molecule is O=C(Cc1ccccc1)N1CCC[C@H]1COCNc1ccc(-c2ncc(-c3ccc4nc([C@@H]5CCCN5C(=O)Cc5ccccc5)[nH]c4c3)o2)cc1. The van der Waals surface area contributed by atoms with Crippen molar-refractivity contribution in [3.05, 3.63) is 126 Å². The van der Waals surface area contributed by atoms with Gasteiger partial charge in [-0.3, -0.25) is 9.59 Å². The molecule has 4 aromatic carbocycles. The summed E-state index contributed by atoms with van der Waals surface area (Å²) in [5.41, 5.74) is 6.48. The fraction of sp³-hybridized carbons (Fsp3) is 0.286. The predicted octanol–water partition coefficient (Wildman–Crippen LogP) is 7.41. The van der Waals surface area contributed by atoms with Gasteiger partial charge in [0.05, 0.1) is 48.8 Å². The summed E-state index contributed by atoms with van der Waals surface area (Å²) in [6, 6.07) is 33.7. The Bertz CT molecular complexity index is 2130. The number of nitrogens with zero attached hydrogens (tertiary/aromatic N) is 4. The van der Waals surface area contributed by atoms with Crippen molar-refractivity contribution < 1.29 is 18.7 Å². The molecule has 0 unspecified atom stereocenters. The van der Waals surface area contributed by atoms with Crippen LogP contribution in [0, 0.1) is 0 Å². The van der Waals surface area contributed by atoms with Crippen LogP contribution in [0.3, 0.4) is 0 Å². The first-order valence-corrected chi connectivity index (χ1v) is 18.1. The van der Waals surface area contributed by atoms with E-state index in [1.165, 1.54) is 0 Å². The maximum Gasteiger partial charge on any atom is 0.227 e. The summed E-state index contributed by atoms with van der Waals surface area (Å²) in [6.07, 6.45) is 6.36. The molecule has 52 heavy (non-hydrogen) atoms. The number of aromatic amines is 1. The van der Waals surface area contributed by atoms with Gasteiger partial charge in [0.15, 0.2) is 5.76 Å². The van der Waals surface area contributed by atoms with Crippen LogP contribution >= 0.6 is 0 Å². The quantitative estimate of drug-likeness (QED) is 0.101. The fourth-order valence-corrected chi connectivity index (χ4v) is 7.37. The Kier molecular flexibility index (Phi) is 9.79. The molecule has 8 rings (SSSR count). The topological polar surface area (TPSA) is 117 Å². The number of H-pyrrole nitrogens is 1. The summed E-state index contributed by atoms with van der Waals surface area (Å²) < 4.78 is 12.2. The summed E-state index contributed by atoms with van der Waals surface area (Å²) in [6.45, 7) is 2.38. The van der Waals surface area contributed by atoms with E-state index < -0.39 is 0 Å². The van der Waals surface area contributed by atoms with Crippen molar-refractivity contribution in [2.75, 3.05) is 31.7 Å². The third-order valence-corrected chi connectivity index (χ3v) is 10.1. The van der Waals surface area contributed by atoms with Gasteiger partial charge >= 0.3 is 0 Å². The van der Waals surface area contributed by atoms with Crippen LogP contribution in [0.2, 0.25) is 0 Å².